The highest BCUT2D eigenvalue weighted by molar-refractivity contribution is 5.92. The van der Waals surface area contributed by atoms with Gasteiger partial charge in [0.15, 0.2) is 0 Å². The molecule has 8 nitrogen and oxygen atoms in total. The zero-order valence-electron chi connectivity index (χ0n) is 19.4. The number of carbonyl (C=O) groups excluding carboxylic acids is 1. The first-order valence-corrected chi connectivity index (χ1v) is 11.4. The van der Waals surface area contributed by atoms with E-state index in [-0.39, 0.29) is 0 Å². The van der Waals surface area contributed by atoms with Gasteiger partial charge in [-0.3, -0.25) is 5.32 Å². The summed E-state index contributed by atoms with van der Waals surface area (Å²) in [6.07, 6.45) is 1.68. The third kappa shape index (κ3) is 6.45. The second-order valence-electron chi connectivity index (χ2n) is 7.89. The largest absolute Gasteiger partial charge is 0.449 e. The quantitative estimate of drug-likeness (QED) is 0.240. The Labute approximate surface area is 204 Å². The van der Waals surface area contributed by atoms with Crippen LogP contribution in [0.25, 0.3) is 10.9 Å². The Hall–Kier alpha value is -4.64. The molecule has 0 saturated carbocycles. The van der Waals surface area contributed by atoms with Crippen molar-refractivity contribution in [3.8, 4) is 6.07 Å². The molecule has 8 heteroatoms. The number of unbranched alkanes of at least 4 members (excludes halogenated alkanes) is 1. The van der Waals surface area contributed by atoms with Crippen LogP contribution in [0.4, 0.5) is 33.6 Å². The average Bonchev–Trinajstić information content (AvgIpc) is 2.86. The number of aromatic nitrogens is 2. The van der Waals surface area contributed by atoms with Crippen molar-refractivity contribution in [1.29, 1.82) is 5.26 Å². The summed E-state index contributed by atoms with van der Waals surface area (Å²) >= 11 is 0. The molecule has 0 radical (unpaired) electrons. The third-order valence-electron chi connectivity index (χ3n) is 5.20. The number of nitriles is 1. The molecule has 176 valence electrons. The maximum atomic E-state index is 12.0. The zero-order valence-corrected chi connectivity index (χ0v) is 19.4. The molecule has 4 rings (SSSR count). The molecule has 0 spiro atoms. The summed E-state index contributed by atoms with van der Waals surface area (Å²) in [5, 5.41) is 19.1. The molecular weight excluding hydrogens is 440 g/mol. The van der Waals surface area contributed by atoms with Crippen molar-refractivity contribution in [3.63, 3.8) is 0 Å². The second-order valence-corrected chi connectivity index (χ2v) is 7.89. The summed E-state index contributed by atoms with van der Waals surface area (Å²) in [5.74, 6) is 1.06. The van der Waals surface area contributed by atoms with Gasteiger partial charge in [-0.15, -0.1) is 0 Å². The number of benzene rings is 3. The fourth-order valence-corrected chi connectivity index (χ4v) is 3.43. The van der Waals surface area contributed by atoms with Gasteiger partial charge in [0.05, 0.1) is 24.6 Å². The number of carbonyl (C=O) groups is 1. The van der Waals surface area contributed by atoms with Crippen molar-refractivity contribution < 1.29 is 9.53 Å². The van der Waals surface area contributed by atoms with Gasteiger partial charge in [0, 0.05) is 22.4 Å². The molecule has 0 bridgehead atoms. The Morgan fingerprint density at radius 1 is 0.943 bits per heavy atom. The van der Waals surface area contributed by atoms with Crippen LogP contribution in [0.3, 0.4) is 0 Å². The van der Waals surface area contributed by atoms with Gasteiger partial charge in [0.1, 0.15) is 5.82 Å². The van der Waals surface area contributed by atoms with Gasteiger partial charge in [-0.1, -0.05) is 43.7 Å². The van der Waals surface area contributed by atoms with Crippen LogP contribution in [-0.2, 0) is 11.2 Å². The molecule has 3 N–H and O–H groups in total. The number of anilines is 5. The molecule has 0 atom stereocenters. The third-order valence-corrected chi connectivity index (χ3v) is 5.20. The van der Waals surface area contributed by atoms with Crippen molar-refractivity contribution in [2.45, 2.75) is 26.2 Å². The molecule has 0 aliphatic rings. The first-order chi connectivity index (χ1) is 17.1. The monoisotopic (exact) mass is 466 g/mol. The molecule has 0 aliphatic heterocycles. The van der Waals surface area contributed by atoms with E-state index in [1.54, 1.807) is 6.07 Å². The number of hydrogen-bond donors (Lipinski definition) is 3. The van der Waals surface area contributed by atoms with Crippen LogP contribution in [0, 0.1) is 11.3 Å². The molecule has 1 aromatic heterocycles. The van der Waals surface area contributed by atoms with E-state index in [9.17, 15) is 4.79 Å². The summed E-state index contributed by atoms with van der Waals surface area (Å²) in [6.45, 7) is 2.44. The van der Waals surface area contributed by atoms with E-state index >= 15 is 0 Å². The number of fused-ring (bicyclic) bond motifs is 1. The Bertz CT molecular complexity index is 1350. The molecule has 35 heavy (non-hydrogen) atoms. The normalized spacial score (nSPS) is 10.4. The topological polar surface area (TPSA) is 112 Å². The molecule has 0 saturated heterocycles. The SMILES string of the molecule is CCCCOC(=O)Nc1cccc(Nc2nc(Nc3ccc(CC#N)cc3)nc3ccccc23)c1. The predicted molar refractivity (Wildman–Crippen MR) is 138 cm³/mol. The van der Waals surface area contributed by atoms with E-state index in [0.717, 1.165) is 40.7 Å². The maximum absolute atomic E-state index is 12.0. The van der Waals surface area contributed by atoms with E-state index in [1.165, 1.54) is 0 Å². The van der Waals surface area contributed by atoms with Gasteiger partial charge >= 0.3 is 6.09 Å². The van der Waals surface area contributed by atoms with E-state index in [2.05, 4.69) is 27.0 Å². The number of rotatable bonds is 9. The van der Waals surface area contributed by atoms with E-state index in [1.807, 2.05) is 73.7 Å². The minimum Gasteiger partial charge on any atom is -0.449 e. The van der Waals surface area contributed by atoms with Crippen LogP contribution < -0.4 is 16.0 Å². The van der Waals surface area contributed by atoms with Gasteiger partial charge in [-0.2, -0.15) is 10.2 Å². The van der Waals surface area contributed by atoms with Gasteiger partial charge in [0.25, 0.3) is 0 Å². The molecule has 0 unspecified atom stereocenters. The fourth-order valence-electron chi connectivity index (χ4n) is 3.43. The van der Waals surface area contributed by atoms with Crippen LogP contribution in [0.1, 0.15) is 25.3 Å². The molecule has 4 aromatic rings. The van der Waals surface area contributed by atoms with Gasteiger partial charge in [0.2, 0.25) is 5.95 Å². The minimum absolute atomic E-state index is 0.366. The van der Waals surface area contributed by atoms with Crippen LogP contribution in [-0.4, -0.2) is 22.7 Å². The summed E-state index contributed by atoms with van der Waals surface area (Å²) < 4.78 is 5.18. The summed E-state index contributed by atoms with van der Waals surface area (Å²) in [6, 6.07) is 24.8. The van der Waals surface area contributed by atoms with Gasteiger partial charge in [-0.25, -0.2) is 9.78 Å². The number of ether oxygens (including phenoxy) is 1. The second kappa shape index (κ2) is 11.5. The van der Waals surface area contributed by atoms with Crippen molar-refractivity contribution >= 4 is 45.8 Å². The lowest BCUT2D eigenvalue weighted by molar-refractivity contribution is 0.160. The Morgan fingerprint density at radius 2 is 1.74 bits per heavy atom. The highest BCUT2D eigenvalue weighted by Gasteiger charge is 2.10. The standard InChI is InChI=1S/C27H26N6O2/c1-2-3-17-35-27(34)31-22-8-6-7-21(18-22)29-25-23-9-4-5-10-24(23)32-26(33-25)30-20-13-11-19(12-14-20)15-16-28/h4-14,18H,2-3,15,17H2,1H3,(H,31,34)(H2,29,30,32,33). The first-order valence-electron chi connectivity index (χ1n) is 11.4. The van der Waals surface area contributed by atoms with Crippen LogP contribution in [0.5, 0.6) is 0 Å². The Balaban J connectivity index is 1.55. The summed E-state index contributed by atoms with van der Waals surface area (Å²) in [5.41, 5.74) is 3.92. The highest BCUT2D eigenvalue weighted by Crippen LogP contribution is 2.27. The first kappa shape index (κ1) is 23.5. The average molecular weight is 467 g/mol. The number of nitrogens with zero attached hydrogens (tertiary/aromatic N) is 3. The van der Waals surface area contributed by atoms with Gasteiger partial charge < -0.3 is 15.4 Å². The lowest BCUT2D eigenvalue weighted by Crippen LogP contribution is -2.14. The van der Waals surface area contributed by atoms with E-state index in [4.69, 9.17) is 15.0 Å². The number of hydrogen-bond acceptors (Lipinski definition) is 7. The molecular formula is C27H26N6O2. The predicted octanol–water partition coefficient (Wildman–Crippen LogP) is 6.53. The lowest BCUT2D eigenvalue weighted by Gasteiger charge is -2.13. The number of amides is 1. The van der Waals surface area contributed by atoms with E-state index < -0.39 is 6.09 Å². The maximum Gasteiger partial charge on any atom is 0.411 e. The lowest BCUT2D eigenvalue weighted by atomic mass is 10.1. The molecule has 1 amide bonds. The van der Waals surface area contributed by atoms with Crippen LogP contribution in [0.15, 0.2) is 72.8 Å². The number of nitrogens with one attached hydrogen (secondary N) is 3. The smallest absolute Gasteiger partial charge is 0.411 e. The van der Waals surface area contributed by atoms with Crippen molar-refractivity contribution in [2.75, 3.05) is 22.6 Å². The Morgan fingerprint density at radius 3 is 2.54 bits per heavy atom. The molecule has 1 heterocycles. The number of para-hydroxylation sites is 1. The molecule has 0 aliphatic carbocycles. The summed E-state index contributed by atoms with van der Waals surface area (Å²) in [4.78, 5) is 21.3. The van der Waals surface area contributed by atoms with Crippen LogP contribution >= 0.6 is 0 Å². The Kier molecular flexibility index (Phi) is 7.71. The van der Waals surface area contributed by atoms with Crippen molar-refractivity contribution in [3.05, 3.63) is 78.4 Å². The zero-order chi connectivity index (χ0) is 24.5. The molecule has 0 fully saturated rings. The minimum atomic E-state index is -0.477. The van der Waals surface area contributed by atoms with Gasteiger partial charge in [-0.05, 0) is 54.4 Å². The summed E-state index contributed by atoms with van der Waals surface area (Å²) in [7, 11) is 0. The fraction of sp³-hybridized carbons (Fsp3) is 0.185. The highest BCUT2D eigenvalue weighted by atomic mass is 16.5. The van der Waals surface area contributed by atoms with Crippen molar-refractivity contribution in [2.24, 2.45) is 0 Å². The van der Waals surface area contributed by atoms with E-state index in [0.29, 0.717) is 30.5 Å². The molecule has 3 aromatic carbocycles. The van der Waals surface area contributed by atoms with Crippen LogP contribution in [0.2, 0.25) is 0 Å². The van der Waals surface area contributed by atoms with Crippen molar-refractivity contribution in [1.82, 2.24) is 9.97 Å².